The molecule has 0 spiro atoms. The summed E-state index contributed by atoms with van der Waals surface area (Å²) in [5, 5.41) is 8.28. The average Bonchev–Trinajstić information content (AvgIpc) is 1.35. The fraction of sp³-hybridized carbons (Fsp3) is 0.600. The summed E-state index contributed by atoms with van der Waals surface area (Å²) in [6.07, 6.45) is 0. The number of aliphatic hydroxyl groups excluding tert-OH is 1. The SMILES string of the molecule is [CH2+]C([CH2+])(C)CO. The summed E-state index contributed by atoms with van der Waals surface area (Å²) in [5.74, 6) is 0. The molecule has 0 aromatic carbocycles. The van der Waals surface area contributed by atoms with Gasteiger partial charge in [-0.25, -0.2) is 0 Å². The van der Waals surface area contributed by atoms with E-state index in [0.29, 0.717) is 0 Å². The molecule has 6 heavy (non-hydrogen) atoms. The lowest BCUT2D eigenvalue weighted by Crippen LogP contribution is -2.10. The second kappa shape index (κ2) is 1.43. The van der Waals surface area contributed by atoms with E-state index in [0.717, 1.165) is 0 Å². The van der Waals surface area contributed by atoms with Crippen LogP contribution in [0.2, 0.25) is 0 Å². The van der Waals surface area contributed by atoms with Gasteiger partial charge in [-0.1, -0.05) is 0 Å². The zero-order valence-electron chi connectivity index (χ0n) is 4.07. The van der Waals surface area contributed by atoms with Crippen molar-refractivity contribution in [3.63, 3.8) is 0 Å². The third-order valence-electron chi connectivity index (χ3n) is 0.382. The molecule has 0 aliphatic heterocycles. The van der Waals surface area contributed by atoms with Gasteiger partial charge in [0.1, 0.15) is 20.5 Å². The molecule has 0 aliphatic rings. The highest BCUT2D eigenvalue weighted by molar-refractivity contribution is 4.76. The van der Waals surface area contributed by atoms with Crippen LogP contribution in [-0.4, -0.2) is 11.7 Å². The fourth-order valence-corrected chi connectivity index (χ4v) is 0. The van der Waals surface area contributed by atoms with Gasteiger partial charge in [0.05, 0.1) is 0 Å². The lowest BCUT2D eigenvalue weighted by molar-refractivity contribution is 0.216. The molecule has 0 rings (SSSR count). The molecule has 0 bridgehead atoms. The maximum atomic E-state index is 8.28. The minimum Gasteiger partial charge on any atom is -0.386 e. The zero-order chi connectivity index (χ0) is 5.21. The normalized spacial score (nSPS) is 11.7. The molecule has 34 valence electrons. The molecule has 0 fully saturated rings. The number of hydrogen-bond acceptors (Lipinski definition) is 1. The van der Waals surface area contributed by atoms with Crippen LogP contribution in [0.1, 0.15) is 6.92 Å². The van der Waals surface area contributed by atoms with Crippen LogP contribution in [0.25, 0.3) is 0 Å². The second-order valence-electron chi connectivity index (χ2n) is 1.97. The average molecular weight is 86.1 g/mol. The molecule has 1 N–H and O–H groups in total. The number of hydrogen-bond donors (Lipinski definition) is 1. The summed E-state index contributed by atoms with van der Waals surface area (Å²) in [7, 11) is 0. The van der Waals surface area contributed by atoms with Crippen LogP contribution in [0, 0.1) is 19.3 Å². The van der Waals surface area contributed by atoms with Crippen molar-refractivity contribution in [2.45, 2.75) is 6.92 Å². The third kappa shape index (κ3) is 3.70. The largest absolute Gasteiger partial charge is 0.386 e. The molecule has 0 saturated heterocycles. The van der Waals surface area contributed by atoms with Crippen molar-refractivity contribution in [3.05, 3.63) is 13.8 Å². The van der Waals surface area contributed by atoms with Crippen molar-refractivity contribution in [2.24, 2.45) is 5.41 Å². The highest BCUT2D eigenvalue weighted by Gasteiger charge is 2.23. The van der Waals surface area contributed by atoms with E-state index in [1.165, 1.54) is 0 Å². The molecule has 0 amide bonds. The highest BCUT2D eigenvalue weighted by atomic mass is 16.3. The molecular weight excluding hydrogens is 76.1 g/mol. The Kier molecular flexibility index (Phi) is 1.36. The van der Waals surface area contributed by atoms with Gasteiger partial charge in [-0.3, -0.25) is 0 Å². The Hall–Kier alpha value is -0.300. The number of aliphatic hydroxyl groups is 1. The van der Waals surface area contributed by atoms with Crippen molar-refractivity contribution in [1.29, 1.82) is 0 Å². The van der Waals surface area contributed by atoms with Crippen LogP contribution in [0.5, 0.6) is 0 Å². The molecule has 0 radical (unpaired) electrons. The van der Waals surface area contributed by atoms with Crippen molar-refractivity contribution in [3.8, 4) is 0 Å². The lowest BCUT2D eigenvalue weighted by atomic mass is 9.99. The van der Waals surface area contributed by atoms with Crippen molar-refractivity contribution >= 4 is 0 Å². The minimum absolute atomic E-state index is 0.0486. The zero-order valence-corrected chi connectivity index (χ0v) is 4.07. The lowest BCUT2D eigenvalue weighted by Gasteiger charge is -1.94. The Morgan fingerprint density at radius 1 is 1.67 bits per heavy atom. The van der Waals surface area contributed by atoms with Gasteiger partial charge < -0.3 is 5.11 Å². The van der Waals surface area contributed by atoms with Gasteiger partial charge in [0.2, 0.25) is 0 Å². The van der Waals surface area contributed by atoms with Crippen molar-refractivity contribution < 1.29 is 5.11 Å². The van der Waals surface area contributed by atoms with Crippen LogP contribution in [0.3, 0.4) is 0 Å². The molecule has 0 aliphatic carbocycles. The first kappa shape index (κ1) is 5.70. The first-order valence-corrected chi connectivity index (χ1v) is 1.88. The van der Waals surface area contributed by atoms with Crippen LogP contribution in [0.15, 0.2) is 0 Å². The second-order valence-corrected chi connectivity index (χ2v) is 1.97. The van der Waals surface area contributed by atoms with Crippen molar-refractivity contribution in [1.82, 2.24) is 0 Å². The summed E-state index contributed by atoms with van der Waals surface area (Å²) in [6, 6.07) is 0. The molecule has 0 aromatic heterocycles. The Morgan fingerprint density at radius 2 is 1.83 bits per heavy atom. The van der Waals surface area contributed by atoms with Crippen LogP contribution < -0.4 is 0 Å². The third-order valence-corrected chi connectivity index (χ3v) is 0.382. The van der Waals surface area contributed by atoms with Crippen LogP contribution >= 0.6 is 0 Å². The summed E-state index contributed by atoms with van der Waals surface area (Å²) in [6.45, 7) is 8.88. The molecule has 1 nitrogen and oxygen atoms in total. The number of rotatable bonds is 1. The van der Waals surface area contributed by atoms with Gasteiger partial charge in [-0.05, 0) is 0 Å². The predicted molar refractivity (Wildman–Crippen MR) is 25.9 cm³/mol. The molecule has 0 heterocycles. The van der Waals surface area contributed by atoms with Crippen LogP contribution in [0.4, 0.5) is 0 Å². The van der Waals surface area contributed by atoms with E-state index in [-0.39, 0.29) is 6.61 Å². The van der Waals surface area contributed by atoms with Gasteiger partial charge in [0.15, 0.2) is 0 Å². The summed E-state index contributed by atoms with van der Waals surface area (Å²) < 4.78 is 0. The van der Waals surface area contributed by atoms with Crippen molar-refractivity contribution in [2.75, 3.05) is 6.61 Å². The Labute approximate surface area is 39.0 Å². The molecule has 0 aromatic rings. The van der Waals surface area contributed by atoms with Gasteiger partial charge in [0.25, 0.3) is 5.41 Å². The highest BCUT2D eigenvalue weighted by Crippen LogP contribution is 2.07. The van der Waals surface area contributed by atoms with Gasteiger partial charge in [0, 0.05) is 6.92 Å². The Bertz CT molecular complexity index is 33.7. The van der Waals surface area contributed by atoms with E-state index in [1.807, 2.05) is 0 Å². The summed E-state index contributed by atoms with van der Waals surface area (Å²) in [4.78, 5) is 0. The molecule has 0 saturated carbocycles. The predicted octanol–water partition coefficient (Wildman–Crippen LogP) is 0.653. The fourth-order valence-electron chi connectivity index (χ4n) is 0. The van der Waals surface area contributed by atoms with E-state index >= 15 is 0 Å². The van der Waals surface area contributed by atoms with E-state index in [4.69, 9.17) is 5.11 Å². The Morgan fingerprint density at radius 3 is 1.83 bits per heavy atom. The first-order chi connectivity index (χ1) is 2.56. The Balaban J connectivity index is 3.17. The standard InChI is InChI=1S/C5H10O/c1-5(2,3)4-6/h6H,1-2,4H2,3H3/q+2. The maximum Gasteiger partial charge on any atom is 0.250 e. The van der Waals surface area contributed by atoms with E-state index in [9.17, 15) is 0 Å². The minimum atomic E-state index is -0.403. The topological polar surface area (TPSA) is 20.2 Å². The molecule has 0 atom stereocenters. The van der Waals surface area contributed by atoms with Crippen LogP contribution in [-0.2, 0) is 0 Å². The van der Waals surface area contributed by atoms with E-state index in [2.05, 4.69) is 13.8 Å². The maximum absolute atomic E-state index is 8.28. The summed E-state index contributed by atoms with van der Waals surface area (Å²) in [5.41, 5.74) is -0.403. The summed E-state index contributed by atoms with van der Waals surface area (Å²) >= 11 is 0. The van der Waals surface area contributed by atoms with E-state index < -0.39 is 5.41 Å². The van der Waals surface area contributed by atoms with Gasteiger partial charge in [-0.2, -0.15) is 0 Å². The monoisotopic (exact) mass is 86.1 g/mol. The van der Waals surface area contributed by atoms with Gasteiger partial charge >= 0.3 is 0 Å². The smallest absolute Gasteiger partial charge is 0.250 e. The molecular formula is C5H10O+2. The van der Waals surface area contributed by atoms with Gasteiger partial charge in [-0.15, -0.1) is 0 Å². The quantitative estimate of drug-likeness (QED) is 0.464. The molecule has 1 heteroatoms. The molecule has 0 unspecified atom stereocenters. The first-order valence-electron chi connectivity index (χ1n) is 1.88. The van der Waals surface area contributed by atoms with E-state index in [1.54, 1.807) is 6.92 Å².